The summed E-state index contributed by atoms with van der Waals surface area (Å²) < 4.78 is 14.2. The Kier molecular flexibility index (Phi) is 2.22. The highest BCUT2D eigenvalue weighted by Crippen LogP contribution is 2.30. The number of nitriles is 1. The van der Waals surface area contributed by atoms with Gasteiger partial charge in [-0.2, -0.15) is 5.26 Å². The predicted molar refractivity (Wildman–Crippen MR) is 55.8 cm³/mol. The summed E-state index contributed by atoms with van der Waals surface area (Å²) in [6.45, 7) is 1.75. The molecule has 0 saturated heterocycles. The summed E-state index contributed by atoms with van der Waals surface area (Å²) in [7, 11) is 0. The molecule has 0 bridgehead atoms. The summed E-state index contributed by atoms with van der Waals surface area (Å²) in [5, 5.41) is 11.3. The Morgan fingerprint density at radius 1 is 1.50 bits per heavy atom. The standard InChI is InChI=1S/C11H8FNS/c1-7-2-3-9-8(4-5-13)6-14-11(9)10(7)12/h2-3,6H,4H2,1H3. The van der Waals surface area contributed by atoms with Crippen LogP contribution in [0.4, 0.5) is 4.39 Å². The van der Waals surface area contributed by atoms with Crippen molar-refractivity contribution < 1.29 is 4.39 Å². The summed E-state index contributed by atoms with van der Waals surface area (Å²) in [6.07, 6.45) is 0.350. The number of nitrogens with zero attached hydrogens (tertiary/aromatic N) is 1. The van der Waals surface area contributed by atoms with Gasteiger partial charge < -0.3 is 0 Å². The molecule has 0 atom stereocenters. The Hall–Kier alpha value is -1.40. The molecule has 2 rings (SSSR count). The van der Waals surface area contributed by atoms with Gasteiger partial charge in [0, 0.05) is 0 Å². The smallest absolute Gasteiger partial charge is 0.143 e. The van der Waals surface area contributed by atoms with Crippen molar-refractivity contribution in [2.75, 3.05) is 0 Å². The third-order valence-electron chi connectivity index (χ3n) is 2.22. The molecule has 14 heavy (non-hydrogen) atoms. The molecule has 0 amide bonds. The normalized spacial score (nSPS) is 10.4. The van der Waals surface area contributed by atoms with E-state index in [0.29, 0.717) is 16.7 Å². The van der Waals surface area contributed by atoms with Crippen molar-refractivity contribution in [3.8, 4) is 6.07 Å². The van der Waals surface area contributed by atoms with Crippen LogP contribution in [-0.4, -0.2) is 0 Å². The first-order valence-electron chi connectivity index (χ1n) is 4.26. The predicted octanol–water partition coefficient (Wildman–Crippen LogP) is 3.41. The number of rotatable bonds is 1. The lowest BCUT2D eigenvalue weighted by atomic mass is 10.1. The fraction of sp³-hybridized carbons (Fsp3) is 0.182. The van der Waals surface area contributed by atoms with E-state index >= 15 is 0 Å². The van der Waals surface area contributed by atoms with E-state index in [4.69, 9.17) is 5.26 Å². The number of hydrogen-bond acceptors (Lipinski definition) is 2. The number of halogens is 1. The summed E-state index contributed by atoms with van der Waals surface area (Å²) >= 11 is 1.37. The highest BCUT2D eigenvalue weighted by Gasteiger charge is 2.09. The molecule has 70 valence electrons. The quantitative estimate of drug-likeness (QED) is 0.699. The van der Waals surface area contributed by atoms with Crippen molar-refractivity contribution in [2.24, 2.45) is 0 Å². The van der Waals surface area contributed by atoms with Crippen LogP contribution < -0.4 is 0 Å². The van der Waals surface area contributed by atoms with Crippen LogP contribution in [-0.2, 0) is 6.42 Å². The Morgan fingerprint density at radius 2 is 2.29 bits per heavy atom. The van der Waals surface area contributed by atoms with Gasteiger partial charge in [-0.05, 0) is 28.8 Å². The van der Waals surface area contributed by atoms with Crippen molar-refractivity contribution in [2.45, 2.75) is 13.3 Å². The maximum Gasteiger partial charge on any atom is 0.143 e. The van der Waals surface area contributed by atoms with E-state index in [1.807, 2.05) is 11.4 Å². The topological polar surface area (TPSA) is 23.8 Å². The average Bonchev–Trinajstić information content (AvgIpc) is 2.57. The van der Waals surface area contributed by atoms with E-state index in [9.17, 15) is 4.39 Å². The van der Waals surface area contributed by atoms with Crippen LogP contribution in [0.2, 0.25) is 0 Å². The number of fused-ring (bicyclic) bond motifs is 1. The zero-order chi connectivity index (χ0) is 10.1. The zero-order valence-corrected chi connectivity index (χ0v) is 8.49. The van der Waals surface area contributed by atoms with Gasteiger partial charge in [0.25, 0.3) is 0 Å². The first kappa shape index (κ1) is 9.17. The molecule has 0 N–H and O–H groups in total. The van der Waals surface area contributed by atoms with Crippen molar-refractivity contribution in [3.63, 3.8) is 0 Å². The van der Waals surface area contributed by atoms with Crippen LogP contribution in [0.5, 0.6) is 0 Å². The number of aryl methyl sites for hydroxylation is 1. The van der Waals surface area contributed by atoms with Crippen LogP contribution >= 0.6 is 11.3 Å². The second kappa shape index (κ2) is 3.39. The van der Waals surface area contributed by atoms with Gasteiger partial charge in [-0.1, -0.05) is 12.1 Å². The van der Waals surface area contributed by atoms with E-state index < -0.39 is 0 Å². The van der Waals surface area contributed by atoms with Crippen molar-refractivity contribution in [1.29, 1.82) is 5.26 Å². The molecule has 1 nitrogen and oxygen atoms in total. The molecule has 1 aromatic carbocycles. The van der Waals surface area contributed by atoms with Crippen molar-refractivity contribution in [1.82, 2.24) is 0 Å². The maximum atomic E-state index is 13.6. The summed E-state index contributed by atoms with van der Waals surface area (Å²) in [5.41, 5.74) is 1.58. The zero-order valence-electron chi connectivity index (χ0n) is 7.67. The first-order chi connectivity index (χ1) is 6.74. The second-order valence-corrected chi connectivity index (χ2v) is 4.05. The molecule has 0 aliphatic rings. The molecule has 2 aromatic rings. The second-order valence-electron chi connectivity index (χ2n) is 3.17. The third-order valence-corrected chi connectivity index (χ3v) is 3.26. The molecular formula is C11H8FNS. The van der Waals surface area contributed by atoms with E-state index in [2.05, 4.69) is 6.07 Å². The van der Waals surface area contributed by atoms with E-state index in [1.165, 1.54) is 11.3 Å². The number of benzene rings is 1. The number of thiophene rings is 1. The molecule has 0 unspecified atom stereocenters. The first-order valence-corrected chi connectivity index (χ1v) is 5.14. The van der Waals surface area contributed by atoms with Gasteiger partial charge in [0.1, 0.15) is 5.82 Å². The van der Waals surface area contributed by atoms with Gasteiger partial charge in [0.15, 0.2) is 0 Å². The van der Waals surface area contributed by atoms with Crippen LogP contribution in [0.25, 0.3) is 10.1 Å². The minimum atomic E-state index is -0.156. The molecule has 0 aliphatic carbocycles. The molecule has 0 aliphatic heterocycles. The van der Waals surface area contributed by atoms with E-state index in [1.54, 1.807) is 13.0 Å². The summed E-state index contributed by atoms with van der Waals surface area (Å²) in [5.74, 6) is -0.156. The minimum absolute atomic E-state index is 0.156. The average molecular weight is 205 g/mol. The lowest BCUT2D eigenvalue weighted by Crippen LogP contribution is -1.83. The van der Waals surface area contributed by atoms with Crippen molar-refractivity contribution in [3.05, 3.63) is 34.5 Å². The van der Waals surface area contributed by atoms with Gasteiger partial charge in [-0.3, -0.25) is 0 Å². The minimum Gasteiger partial charge on any atom is -0.205 e. The Balaban J connectivity index is 2.72. The summed E-state index contributed by atoms with van der Waals surface area (Å²) in [4.78, 5) is 0. The molecule has 0 radical (unpaired) electrons. The van der Waals surface area contributed by atoms with Gasteiger partial charge in [-0.25, -0.2) is 4.39 Å². The molecular weight excluding hydrogens is 197 g/mol. The molecule has 0 spiro atoms. The third kappa shape index (κ3) is 1.28. The Bertz CT molecular complexity index is 522. The fourth-order valence-corrected chi connectivity index (χ4v) is 2.50. The highest BCUT2D eigenvalue weighted by atomic mass is 32.1. The molecule has 3 heteroatoms. The van der Waals surface area contributed by atoms with Crippen LogP contribution in [0.15, 0.2) is 17.5 Å². The van der Waals surface area contributed by atoms with Crippen LogP contribution in [0.1, 0.15) is 11.1 Å². The largest absolute Gasteiger partial charge is 0.205 e. The van der Waals surface area contributed by atoms with Crippen molar-refractivity contribution >= 4 is 21.4 Å². The molecule has 0 saturated carbocycles. The van der Waals surface area contributed by atoms with Gasteiger partial charge in [-0.15, -0.1) is 11.3 Å². The van der Waals surface area contributed by atoms with E-state index in [0.717, 1.165) is 10.9 Å². The SMILES string of the molecule is Cc1ccc2c(CC#N)csc2c1F. The lowest BCUT2D eigenvalue weighted by molar-refractivity contribution is 0.632. The number of hydrogen-bond donors (Lipinski definition) is 0. The maximum absolute atomic E-state index is 13.6. The molecule has 0 fully saturated rings. The Labute approximate surface area is 85.4 Å². The van der Waals surface area contributed by atoms with Gasteiger partial charge in [0.2, 0.25) is 0 Å². The van der Waals surface area contributed by atoms with Crippen LogP contribution in [0, 0.1) is 24.1 Å². The Morgan fingerprint density at radius 3 is 3.00 bits per heavy atom. The fourth-order valence-electron chi connectivity index (χ4n) is 1.44. The van der Waals surface area contributed by atoms with E-state index in [-0.39, 0.29) is 5.82 Å². The van der Waals surface area contributed by atoms with Crippen LogP contribution in [0.3, 0.4) is 0 Å². The monoisotopic (exact) mass is 205 g/mol. The highest BCUT2D eigenvalue weighted by molar-refractivity contribution is 7.17. The molecule has 1 aromatic heterocycles. The van der Waals surface area contributed by atoms with Gasteiger partial charge >= 0.3 is 0 Å². The lowest BCUT2D eigenvalue weighted by Gasteiger charge is -1.97. The van der Waals surface area contributed by atoms with Gasteiger partial charge in [0.05, 0.1) is 17.2 Å². The summed E-state index contributed by atoms with van der Waals surface area (Å²) in [6, 6.07) is 5.72. The molecule has 1 heterocycles.